The van der Waals surface area contributed by atoms with Gasteiger partial charge in [-0.05, 0) is 62.4 Å². The zero-order valence-corrected chi connectivity index (χ0v) is 16.0. The second-order valence-corrected chi connectivity index (χ2v) is 7.60. The van der Waals surface area contributed by atoms with E-state index in [0.717, 1.165) is 11.3 Å². The lowest BCUT2D eigenvalue weighted by Crippen LogP contribution is -2.13. The van der Waals surface area contributed by atoms with Crippen molar-refractivity contribution in [1.29, 1.82) is 0 Å². The normalized spacial score (nSPS) is 11.0. The molecule has 3 aromatic carbocycles. The third kappa shape index (κ3) is 4.80. The molecule has 6 heteroatoms. The molecule has 0 fully saturated rings. The van der Waals surface area contributed by atoms with Gasteiger partial charge >= 0.3 is 0 Å². The highest BCUT2D eigenvalue weighted by atomic mass is 32.2. The molecule has 0 aromatic heterocycles. The number of rotatable bonds is 7. The van der Waals surface area contributed by atoms with E-state index in [1.807, 2.05) is 13.8 Å². The highest BCUT2D eigenvalue weighted by molar-refractivity contribution is 7.92. The molecule has 0 aliphatic rings. The summed E-state index contributed by atoms with van der Waals surface area (Å²) in [7, 11) is -3.71. The van der Waals surface area contributed by atoms with Gasteiger partial charge in [-0.3, -0.25) is 4.72 Å². The molecule has 0 bridgehead atoms. The van der Waals surface area contributed by atoms with Crippen molar-refractivity contribution in [3.05, 3.63) is 78.4 Å². The van der Waals surface area contributed by atoms with Crippen molar-refractivity contribution in [2.45, 2.75) is 18.7 Å². The van der Waals surface area contributed by atoms with Crippen molar-refractivity contribution in [3.8, 4) is 17.2 Å². The molecular formula is C21H21NO4S. The van der Waals surface area contributed by atoms with E-state index in [9.17, 15) is 8.42 Å². The van der Waals surface area contributed by atoms with Crippen LogP contribution < -0.4 is 14.2 Å². The summed E-state index contributed by atoms with van der Waals surface area (Å²) in [5.74, 6) is 1.75. The zero-order chi connectivity index (χ0) is 19.3. The Balaban J connectivity index is 1.82. The van der Waals surface area contributed by atoms with Crippen molar-refractivity contribution in [3.63, 3.8) is 0 Å². The third-order valence-corrected chi connectivity index (χ3v) is 5.21. The quantitative estimate of drug-likeness (QED) is 0.624. The first-order chi connectivity index (χ1) is 13.0. The Bertz CT molecular complexity index is 997. The van der Waals surface area contributed by atoms with E-state index in [1.54, 1.807) is 72.8 Å². The van der Waals surface area contributed by atoms with Gasteiger partial charge in [0.25, 0.3) is 10.0 Å². The first-order valence-corrected chi connectivity index (χ1v) is 10.1. The Morgan fingerprint density at radius 1 is 0.852 bits per heavy atom. The minimum atomic E-state index is -3.71. The monoisotopic (exact) mass is 383 g/mol. The van der Waals surface area contributed by atoms with E-state index in [4.69, 9.17) is 9.47 Å². The Labute approximate surface area is 159 Å². The molecule has 0 saturated carbocycles. The van der Waals surface area contributed by atoms with E-state index >= 15 is 0 Å². The van der Waals surface area contributed by atoms with E-state index in [0.29, 0.717) is 23.8 Å². The molecule has 0 unspecified atom stereocenters. The average molecular weight is 383 g/mol. The maximum absolute atomic E-state index is 12.7. The fourth-order valence-electron chi connectivity index (χ4n) is 2.46. The molecule has 0 aliphatic carbocycles. The number of nitrogens with one attached hydrogen (secondary N) is 1. The minimum Gasteiger partial charge on any atom is -0.494 e. The van der Waals surface area contributed by atoms with Crippen LogP contribution in [0.1, 0.15) is 12.5 Å². The lowest BCUT2D eigenvalue weighted by atomic mass is 10.2. The van der Waals surface area contributed by atoms with E-state index < -0.39 is 10.0 Å². The van der Waals surface area contributed by atoms with Crippen molar-refractivity contribution in [1.82, 2.24) is 0 Å². The average Bonchev–Trinajstić information content (AvgIpc) is 2.65. The van der Waals surface area contributed by atoms with Gasteiger partial charge in [-0.2, -0.15) is 0 Å². The summed E-state index contributed by atoms with van der Waals surface area (Å²) >= 11 is 0. The molecule has 3 rings (SSSR count). The van der Waals surface area contributed by atoms with Crippen molar-refractivity contribution in [2.75, 3.05) is 11.3 Å². The molecule has 0 spiro atoms. The Morgan fingerprint density at radius 3 is 2.15 bits per heavy atom. The maximum atomic E-state index is 12.7. The highest BCUT2D eigenvalue weighted by Crippen LogP contribution is 2.31. The van der Waals surface area contributed by atoms with Gasteiger partial charge in [0.2, 0.25) is 0 Å². The number of hydrogen-bond donors (Lipinski definition) is 1. The van der Waals surface area contributed by atoms with Crippen LogP contribution in [0.3, 0.4) is 0 Å². The van der Waals surface area contributed by atoms with Gasteiger partial charge in [-0.1, -0.05) is 29.8 Å². The minimum absolute atomic E-state index is 0.198. The summed E-state index contributed by atoms with van der Waals surface area (Å²) in [6.45, 7) is 4.41. The van der Waals surface area contributed by atoms with E-state index in [2.05, 4.69) is 4.72 Å². The predicted octanol–water partition coefficient (Wildman–Crippen LogP) is 4.99. The summed E-state index contributed by atoms with van der Waals surface area (Å²) in [5.41, 5.74) is 1.36. The van der Waals surface area contributed by atoms with Crippen LogP contribution in [0.5, 0.6) is 17.2 Å². The van der Waals surface area contributed by atoms with E-state index in [-0.39, 0.29) is 4.90 Å². The number of benzene rings is 3. The van der Waals surface area contributed by atoms with Crippen LogP contribution >= 0.6 is 0 Å². The van der Waals surface area contributed by atoms with Gasteiger partial charge < -0.3 is 9.47 Å². The lowest BCUT2D eigenvalue weighted by Gasteiger charge is -2.14. The highest BCUT2D eigenvalue weighted by Gasteiger charge is 2.16. The number of aryl methyl sites for hydroxylation is 1. The first-order valence-electron chi connectivity index (χ1n) is 8.57. The smallest absolute Gasteiger partial charge is 0.262 e. The van der Waals surface area contributed by atoms with Crippen LogP contribution in [0.15, 0.2) is 77.7 Å². The topological polar surface area (TPSA) is 64.6 Å². The largest absolute Gasteiger partial charge is 0.494 e. The summed E-state index contributed by atoms with van der Waals surface area (Å²) in [6.07, 6.45) is 0. The number of anilines is 1. The van der Waals surface area contributed by atoms with E-state index in [1.165, 1.54) is 0 Å². The molecule has 0 amide bonds. The summed E-state index contributed by atoms with van der Waals surface area (Å²) < 4.78 is 39.2. The molecule has 3 aromatic rings. The Morgan fingerprint density at radius 2 is 1.48 bits per heavy atom. The van der Waals surface area contributed by atoms with Crippen molar-refractivity contribution in [2.24, 2.45) is 0 Å². The maximum Gasteiger partial charge on any atom is 0.262 e. The molecule has 0 radical (unpaired) electrons. The molecule has 27 heavy (non-hydrogen) atoms. The summed E-state index contributed by atoms with van der Waals surface area (Å²) in [4.78, 5) is 0.198. The molecule has 1 N–H and O–H groups in total. The summed E-state index contributed by atoms with van der Waals surface area (Å²) in [6, 6.07) is 20.7. The number of para-hydroxylation sites is 2. The Hall–Kier alpha value is -2.99. The fourth-order valence-corrected chi connectivity index (χ4v) is 3.53. The first kappa shape index (κ1) is 18.8. The van der Waals surface area contributed by atoms with Gasteiger partial charge in [0.15, 0.2) is 5.75 Å². The summed E-state index contributed by atoms with van der Waals surface area (Å²) in [5, 5.41) is 0. The molecule has 0 saturated heterocycles. The molecule has 140 valence electrons. The molecule has 5 nitrogen and oxygen atoms in total. The molecular weight excluding hydrogens is 362 g/mol. The SMILES string of the molecule is CCOc1ccc(Oc2ccccc2NS(=O)(=O)c2ccc(C)cc2)cc1. The van der Waals surface area contributed by atoms with Gasteiger partial charge in [0, 0.05) is 0 Å². The molecule has 0 aliphatic heterocycles. The number of hydrogen-bond acceptors (Lipinski definition) is 4. The Kier molecular flexibility index (Phi) is 5.66. The van der Waals surface area contributed by atoms with Crippen LogP contribution in [-0.2, 0) is 10.0 Å². The standard InChI is InChI=1S/C21H21NO4S/c1-3-25-17-10-12-18(13-11-17)26-21-7-5-4-6-20(21)22-27(23,24)19-14-8-16(2)9-15-19/h4-15,22H,3H2,1-2H3. The molecule has 0 atom stereocenters. The van der Waals surface area contributed by atoms with Crippen LogP contribution in [-0.4, -0.2) is 15.0 Å². The van der Waals surface area contributed by atoms with Crippen molar-refractivity contribution < 1.29 is 17.9 Å². The van der Waals surface area contributed by atoms with Gasteiger partial charge in [-0.25, -0.2) is 8.42 Å². The van der Waals surface area contributed by atoms with Gasteiger partial charge in [0.05, 0.1) is 17.2 Å². The fraction of sp³-hybridized carbons (Fsp3) is 0.143. The van der Waals surface area contributed by atoms with Crippen LogP contribution in [0.4, 0.5) is 5.69 Å². The lowest BCUT2D eigenvalue weighted by molar-refractivity contribution is 0.339. The van der Waals surface area contributed by atoms with Crippen molar-refractivity contribution >= 4 is 15.7 Å². The number of sulfonamides is 1. The molecule has 0 heterocycles. The van der Waals surface area contributed by atoms with Crippen LogP contribution in [0, 0.1) is 6.92 Å². The van der Waals surface area contributed by atoms with Crippen LogP contribution in [0.2, 0.25) is 0 Å². The second kappa shape index (κ2) is 8.14. The van der Waals surface area contributed by atoms with Crippen LogP contribution in [0.25, 0.3) is 0 Å². The zero-order valence-electron chi connectivity index (χ0n) is 15.2. The van der Waals surface area contributed by atoms with Gasteiger partial charge in [-0.15, -0.1) is 0 Å². The van der Waals surface area contributed by atoms with Gasteiger partial charge in [0.1, 0.15) is 11.5 Å². The predicted molar refractivity (Wildman–Crippen MR) is 106 cm³/mol. The third-order valence-electron chi connectivity index (χ3n) is 3.83. The number of ether oxygens (including phenoxy) is 2. The second-order valence-electron chi connectivity index (χ2n) is 5.92.